The third-order valence-corrected chi connectivity index (χ3v) is 4.77. The van der Waals surface area contributed by atoms with Crippen molar-refractivity contribution in [1.29, 1.82) is 0 Å². The molecule has 0 aliphatic rings. The van der Waals surface area contributed by atoms with Gasteiger partial charge in [-0.25, -0.2) is 8.78 Å². The molecule has 1 amide bonds. The number of carbonyl (C=O) groups is 1. The number of halogens is 2. The van der Waals surface area contributed by atoms with Gasteiger partial charge in [-0.15, -0.1) is 0 Å². The van der Waals surface area contributed by atoms with E-state index in [2.05, 4.69) is 27.1 Å². The van der Waals surface area contributed by atoms with Crippen LogP contribution in [-0.4, -0.2) is 21.1 Å². The summed E-state index contributed by atoms with van der Waals surface area (Å²) in [4.78, 5) is 15.3. The molecule has 31 heavy (non-hydrogen) atoms. The molecule has 4 rings (SSSR count). The summed E-state index contributed by atoms with van der Waals surface area (Å²) in [6.45, 7) is 5.03. The lowest BCUT2D eigenvalue weighted by atomic mass is 10.1. The van der Waals surface area contributed by atoms with Gasteiger partial charge in [0.2, 0.25) is 5.91 Å². The van der Waals surface area contributed by atoms with Crippen molar-refractivity contribution in [3.05, 3.63) is 84.7 Å². The van der Waals surface area contributed by atoms with Crippen LogP contribution in [-0.2, 0) is 4.79 Å². The zero-order chi connectivity index (χ0) is 22.0. The fraction of sp³-hybridized carbons (Fsp3) is 0.0870. The van der Waals surface area contributed by atoms with Crippen LogP contribution in [0.15, 0.2) is 67.5 Å². The van der Waals surface area contributed by atoms with Crippen molar-refractivity contribution in [3.63, 3.8) is 0 Å². The third-order valence-electron chi connectivity index (χ3n) is 4.77. The van der Waals surface area contributed by atoms with Gasteiger partial charge >= 0.3 is 0 Å². The highest BCUT2D eigenvalue weighted by Gasteiger charge is 2.19. The average molecular weight is 420 g/mol. The van der Waals surface area contributed by atoms with Gasteiger partial charge in [0.15, 0.2) is 11.6 Å². The molecule has 4 aromatic rings. The molecule has 0 aliphatic carbocycles. The van der Waals surface area contributed by atoms with Crippen LogP contribution in [0.25, 0.3) is 22.2 Å². The first-order chi connectivity index (χ1) is 15.0. The zero-order valence-corrected chi connectivity index (χ0v) is 16.5. The lowest BCUT2D eigenvalue weighted by Crippen LogP contribution is -2.09. The van der Waals surface area contributed by atoms with Gasteiger partial charge in [0.1, 0.15) is 17.5 Å². The smallest absolute Gasteiger partial charge is 0.247 e. The number of amides is 1. The summed E-state index contributed by atoms with van der Waals surface area (Å²) >= 11 is 0. The van der Waals surface area contributed by atoms with Crippen LogP contribution < -0.4 is 10.1 Å². The van der Waals surface area contributed by atoms with Crippen molar-refractivity contribution >= 4 is 22.5 Å². The molecule has 0 spiro atoms. The minimum absolute atomic E-state index is 0.194. The van der Waals surface area contributed by atoms with Gasteiger partial charge < -0.3 is 10.1 Å². The minimum atomic E-state index is -0.880. The van der Waals surface area contributed by atoms with E-state index in [9.17, 15) is 13.6 Å². The van der Waals surface area contributed by atoms with Gasteiger partial charge in [-0.3, -0.25) is 14.9 Å². The van der Waals surface area contributed by atoms with Crippen molar-refractivity contribution in [2.75, 3.05) is 5.32 Å². The van der Waals surface area contributed by atoms with Gasteiger partial charge in [-0.1, -0.05) is 24.8 Å². The summed E-state index contributed by atoms with van der Waals surface area (Å²) in [5, 5.41) is 10.8. The highest BCUT2D eigenvalue weighted by Crippen LogP contribution is 2.35. The normalized spacial score (nSPS) is 11.8. The maximum absolute atomic E-state index is 14.0. The summed E-state index contributed by atoms with van der Waals surface area (Å²) < 4.78 is 33.9. The first-order valence-electron chi connectivity index (χ1n) is 9.44. The summed E-state index contributed by atoms with van der Waals surface area (Å²) in [5.74, 6) is -1.48. The summed E-state index contributed by atoms with van der Waals surface area (Å²) in [5.41, 5.74) is 2.40. The Morgan fingerprint density at radius 1 is 1.19 bits per heavy atom. The van der Waals surface area contributed by atoms with Crippen LogP contribution in [0, 0.1) is 11.6 Å². The van der Waals surface area contributed by atoms with E-state index in [1.165, 1.54) is 6.08 Å². The van der Waals surface area contributed by atoms with Crippen LogP contribution >= 0.6 is 0 Å². The molecule has 1 unspecified atom stereocenters. The van der Waals surface area contributed by atoms with E-state index in [1.54, 1.807) is 37.3 Å². The summed E-state index contributed by atoms with van der Waals surface area (Å²) in [6, 6.07) is 12.4. The van der Waals surface area contributed by atoms with Gasteiger partial charge in [-0.2, -0.15) is 5.10 Å². The number of H-pyrrole nitrogens is 1. The van der Waals surface area contributed by atoms with Crippen molar-refractivity contribution < 1.29 is 18.3 Å². The third kappa shape index (κ3) is 4.00. The first-order valence-corrected chi connectivity index (χ1v) is 9.44. The molecule has 0 aliphatic heterocycles. The highest BCUT2D eigenvalue weighted by atomic mass is 19.1. The molecule has 8 heteroatoms. The maximum Gasteiger partial charge on any atom is 0.247 e. The second-order valence-electron chi connectivity index (χ2n) is 6.80. The molecule has 0 bridgehead atoms. The van der Waals surface area contributed by atoms with E-state index < -0.39 is 17.7 Å². The number of anilines is 1. The van der Waals surface area contributed by atoms with E-state index in [4.69, 9.17) is 4.74 Å². The molecule has 2 aromatic heterocycles. The molecule has 0 saturated heterocycles. The van der Waals surface area contributed by atoms with Crippen LogP contribution in [0.3, 0.4) is 0 Å². The molecule has 2 N–H and O–H groups in total. The second-order valence-corrected chi connectivity index (χ2v) is 6.80. The van der Waals surface area contributed by atoms with E-state index in [0.717, 1.165) is 23.3 Å². The number of aromatic nitrogens is 3. The number of pyridine rings is 1. The second kappa shape index (κ2) is 8.35. The fourth-order valence-electron chi connectivity index (χ4n) is 3.33. The SMILES string of the molecule is C=CC(=O)Nc1ccccc1-c1n[nH]c2ccc(OC(C)c3c(F)cncc3F)cc12. The Labute approximate surface area is 176 Å². The van der Waals surface area contributed by atoms with Crippen molar-refractivity contribution in [1.82, 2.24) is 15.2 Å². The Hall–Kier alpha value is -4.07. The molecule has 6 nitrogen and oxygen atoms in total. The highest BCUT2D eigenvalue weighted by molar-refractivity contribution is 6.04. The number of ether oxygens (including phenoxy) is 1. The monoisotopic (exact) mass is 420 g/mol. The van der Waals surface area contributed by atoms with Gasteiger partial charge in [0, 0.05) is 10.9 Å². The molecule has 2 aromatic carbocycles. The molecular weight excluding hydrogens is 402 g/mol. The number of nitrogens with one attached hydrogen (secondary N) is 2. The molecular formula is C23H18F2N4O2. The summed E-state index contributed by atoms with van der Waals surface area (Å²) in [7, 11) is 0. The Balaban J connectivity index is 1.71. The molecule has 0 saturated carbocycles. The average Bonchev–Trinajstić information content (AvgIpc) is 3.17. The predicted octanol–water partition coefficient (Wildman–Crippen LogP) is 5.17. The van der Waals surface area contributed by atoms with E-state index >= 15 is 0 Å². The van der Waals surface area contributed by atoms with Crippen LogP contribution in [0.1, 0.15) is 18.6 Å². The summed E-state index contributed by atoms with van der Waals surface area (Å²) in [6.07, 6.45) is 2.20. The van der Waals surface area contributed by atoms with Gasteiger partial charge in [0.05, 0.1) is 29.2 Å². The Morgan fingerprint density at radius 2 is 1.94 bits per heavy atom. The lowest BCUT2D eigenvalue weighted by molar-refractivity contribution is -0.111. The number of aromatic amines is 1. The number of rotatable bonds is 6. The van der Waals surface area contributed by atoms with E-state index in [-0.39, 0.29) is 11.5 Å². The standard InChI is InChI=1S/C23H18F2N4O2/c1-3-21(30)27-19-7-5-4-6-15(19)23-16-10-14(8-9-20(16)28-29-23)31-13(2)22-17(24)11-26-12-18(22)25/h3-13H,1H2,2H3,(H,27,30)(H,28,29). The number of para-hydroxylation sites is 1. The molecule has 156 valence electrons. The van der Waals surface area contributed by atoms with E-state index in [1.807, 2.05) is 12.1 Å². The maximum atomic E-state index is 14.0. The lowest BCUT2D eigenvalue weighted by Gasteiger charge is -2.16. The van der Waals surface area contributed by atoms with Crippen LogP contribution in [0.2, 0.25) is 0 Å². The van der Waals surface area contributed by atoms with Gasteiger partial charge in [-0.05, 0) is 37.3 Å². The Morgan fingerprint density at radius 3 is 2.68 bits per heavy atom. The number of hydrogen-bond donors (Lipinski definition) is 2. The largest absolute Gasteiger partial charge is 0.486 e. The van der Waals surface area contributed by atoms with Crippen LogP contribution in [0.4, 0.5) is 14.5 Å². The topological polar surface area (TPSA) is 79.9 Å². The number of fused-ring (bicyclic) bond motifs is 1. The van der Waals surface area contributed by atoms with Crippen molar-refractivity contribution in [3.8, 4) is 17.0 Å². The number of benzene rings is 2. The molecule has 0 fully saturated rings. The number of nitrogens with zero attached hydrogens (tertiary/aromatic N) is 2. The quantitative estimate of drug-likeness (QED) is 0.422. The van der Waals surface area contributed by atoms with E-state index in [0.29, 0.717) is 22.7 Å². The zero-order valence-electron chi connectivity index (χ0n) is 16.5. The van der Waals surface area contributed by atoms with Crippen LogP contribution in [0.5, 0.6) is 5.75 Å². The van der Waals surface area contributed by atoms with Crippen molar-refractivity contribution in [2.24, 2.45) is 0 Å². The minimum Gasteiger partial charge on any atom is -0.486 e. The molecule has 2 heterocycles. The van der Waals surface area contributed by atoms with Crippen molar-refractivity contribution in [2.45, 2.75) is 13.0 Å². The number of carbonyl (C=O) groups excluding carboxylic acids is 1. The Bertz CT molecular complexity index is 1270. The molecule has 0 radical (unpaired) electrons. The molecule has 1 atom stereocenters. The number of hydrogen-bond acceptors (Lipinski definition) is 4. The fourth-order valence-corrected chi connectivity index (χ4v) is 3.33. The Kier molecular flexibility index (Phi) is 5.44. The predicted molar refractivity (Wildman–Crippen MR) is 114 cm³/mol. The first kappa shape index (κ1) is 20.2. The van der Waals surface area contributed by atoms with Gasteiger partial charge in [0.25, 0.3) is 0 Å².